The second-order valence-electron chi connectivity index (χ2n) is 9.04. The standard InChI is InChI=1S/C25H22N2O3/c1-13-5-7-15(8-6-13)26-23(28)14-3-2-4-16(11-14)27-24(29)21-17-9-10-18(20-12-19(17)20)22(21)25(27)30/h2-11,17-22H,12H2,1H3,(H,26,28)/t17-,18+,19-,20-,21+,22+/m1/s1. The van der Waals surface area contributed by atoms with Crippen LogP contribution in [0.4, 0.5) is 11.4 Å². The molecule has 0 aromatic heterocycles. The zero-order valence-electron chi connectivity index (χ0n) is 16.6. The van der Waals surface area contributed by atoms with Gasteiger partial charge in [-0.3, -0.25) is 14.4 Å². The van der Waals surface area contributed by atoms with Gasteiger partial charge in [-0.25, -0.2) is 4.90 Å². The number of rotatable bonds is 3. The third kappa shape index (κ3) is 2.44. The number of allylic oxidation sites excluding steroid dienone is 2. The fourth-order valence-corrected chi connectivity index (χ4v) is 5.84. The number of carbonyl (C=O) groups is 3. The summed E-state index contributed by atoms with van der Waals surface area (Å²) in [5.74, 6) is 0.590. The molecule has 2 aromatic carbocycles. The van der Waals surface area contributed by atoms with Crippen LogP contribution in [0.25, 0.3) is 0 Å². The molecule has 0 unspecified atom stereocenters. The Bertz CT molecular complexity index is 1080. The number of nitrogens with one attached hydrogen (secondary N) is 1. The van der Waals surface area contributed by atoms with Gasteiger partial charge in [0.2, 0.25) is 11.8 Å². The van der Waals surface area contributed by atoms with Crippen LogP contribution in [0.3, 0.4) is 0 Å². The molecule has 1 saturated heterocycles. The Labute approximate surface area is 174 Å². The minimum atomic E-state index is -0.264. The first-order valence-electron chi connectivity index (χ1n) is 10.6. The summed E-state index contributed by atoms with van der Waals surface area (Å²) in [6, 6.07) is 14.4. The summed E-state index contributed by atoms with van der Waals surface area (Å²) in [7, 11) is 0. The molecule has 5 heteroatoms. The number of nitrogens with zero attached hydrogens (tertiary/aromatic N) is 1. The summed E-state index contributed by atoms with van der Waals surface area (Å²) in [5, 5.41) is 2.87. The number of imide groups is 1. The Morgan fingerprint density at radius 3 is 2.20 bits per heavy atom. The first-order valence-corrected chi connectivity index (χ1v) is 10.6. The molecular weight excluding hydrogens is 376 g/mol. The largest absolute Gasteiger partial charge is 0.322 e. The Morgan fingerprint density at radius 2 is 1.57 bits per heavy atom. The van der Waals surface area contributed by atoms with Crippen LogP contribution in [0, 0.1) is 42.4 Å². The van der Waals surface area contributed by atoms with E-state index in [2.05, 4.69) is 17.5 Å². The van der Waals surface area contributed by atoms with Gasteiger partial charge in [-0.05, 0) is 67.3 Å². The van der Waals surface area contributed by atoms with Crippen molar-refractivity contribution < 1.29 is 14.4 Å². The highest BCUT2D eigenvalue weighted by atomic mass is 16.2. The van der Waals surface area contributed by atoms with E-state index in [-0.39, 0.29) is 41.4 Å². The van der Waals surface area contributed by atoms with E-state index in [1.165, 1.54) is 4.90 Å². The fraction of sp³-hybridized carbons (Fsp3) is 0.320. The summed E-state index contributed by atoms with van der Waals surface area (Å²) >= 11 is 0. The number of aryl methyl sites for hydroxylation is 1. The Morgan fingerprint density at radius 1 is 0.933 bits per heavy atom. The summed E-state index contributed by atoms with van der Waals surface area (Å²) in [6.45, 7) is 1.99. The van der Waals surface area contributed by atoms with Crippen molar-refractivity contribution in [1.29, 1.82) is 0 Å². The average molecular weight is 398 g/mol. The molecular formula is C25H22N2O3. The Balaban J connectivity index is 1.28. The third-order valence-electron chi connectivity index (χ3n) is 7.34. The highest BCUT2D eigenvalue weighted by molar-refractivity contribution is 6.23. The van der Waals surface area contributed by atoms with Gasteiger partial charge in [0.05, 0.1) is 17.5 Å². The summed E-state index contributed by atoms with van der Waals surface area (Å²) < 4.78 is 0. The van der Waals surface area contributed by atoms with Gasteiger partial charge < -0.3 is 5.32 Å². The molecule has 3 amide bonds. The second-order valence-corrected chi connectivity index (χ2v) is 9.04. The van der Waals surface area contributed by atoms with Crippen LogP contribution in [0.15, 0.2) is 60.7 Å². The Hall–Kier alpha value is -3.21. The molecule has 1 aliphatic heterocycles. The van der Waals surface area contributed by atoms with Crippen LogP contribution >= 0.6 is 0 Å². The molecule has 3 fully saturated rings. The maximum Gasteiger partial charge on any atom is 0.255 e. The van der Waals surface area contributed by atoms with Crippen LogP contribution in [-0.4, -0.2) is 17.7 Å². The summed E-state index contributed by atoms with van der Waals surface area (Å²) in [6.07, 6.45) is 5.48. The average Bonchev–Trinajstić information content (AvgIpc) is 3.53. The van der Waals surface area contributed by atoms with Crippen LogP contribution < -0.4 is 10.2 Å². The molecule has 7 rings (SSSR count). The number of carbonyl (C=O) groups excluding carboxylic acids is 3. The third-order valence-corrected chi connectivity index (χ3v) is 7.34. The lowest BCUT2D eigenvalue weighted by molar-refractivity contribution is -0.124. The molecule has 6 atom stereocenters. The van der Waals surface area contributed by atoms with Gasteiger partial charge in [0.1, 0.15) is 0 Å². The number of hydrogen-bond donors (Lipinski definition) is 1. The predicted molar refractivity (Wildman–Crippen MR) is 113 cm³/mol. The van der Waals surface area contributed by atoms with Gasteiger partial charge in [-0.15, -0.1) is 0 Å². The van der Waals surface area contributed by atoms with E-state index in [4.69, 9.17) is 0 Å². The highest BCUT2D eigenvalue weighted by Gasteiger charge is 2.67. The summed E-state index contributed by atoms with van der Waals surface area (Å²) in [4.78, 5) is 40.6. The van der Waals surface area contributed by atoms with Crippen molar-refractivity contribution in [3.63, 3.8) is 0 Å². The first-order chi connectivity index (χ1) is 14.5. The molecule has 150 valence electrons. The molecule has 30 heavy (non-hydrogen) atoms. The lowest BCUT2D eigenvalue weighted by Crippen LogP contribution is -2.40. The van der Waals surface area contributed by atoms with E-state index in [0.29, 0.717) is 28.8 Å². The number of amides is 3. The number of anilines is 2. The number of hydrogen-bond acceptors (Lipinski definition) is 3. The van der Waals surface area contributed by atoms with Crippen LogP contribution in [0.5, 0.6) is 0 Å². The van der Waals surface area contributed by atoms with Gasteiger partial charge in [0, 0.05) is 11.3 Å². The van der Waals surface area contributed by atoms with Gasteiger partial charge >= 0.3 is 0 Å². The second kappa shape index (κ2) is 6.14. The lowest BCUT2D eigenvalue weighted by Gasteiger charge is -2.37. The molecule has 2 aromatic rings. The van der Waals surface area contributed by atoms with E-state index >= 15 is 0 Å². The van der Waals surface area contributed by atoms with Crippen LogP contribution in [-0.2, 0) is 9.59 Å². The monoisotopic (exact) mass is 398 g/mol. The van der Waals surface area contributed by atoms with Crippen molar-refractivity contribution in [1.82, 2.24) is 0 Å². The quantitative estimate of drug-likeness (QED) is 0.632. The van der Waals surface area contributed by atoms with Crippen molar-refractivity contribution in [3.8, 4) is 0 Å². The Kier molecular flexibility index (Phi) is 3.61. The SMILES string of the molecule is Cc1ccc(NC(=O)c2cccc(N3C(=O)[C@H]4[C@@H]5C=C[C@@H]([C@H]6C[C@H]56)[C@@H]4C3=O)c2)cc1. The van der Waals surface area contributed by atoms with Gasteiger partial charge in [-0.2, -0.15) is 0 Å². The topological polar surface area (TPSA) is 66.5 Å². The van der Waals surface area contributed by atoms with Crippen molar-refractivity contribution in [2.45, 2.75) is 13.3 Å². The van der Waals surface area contributed by atoms with E-state index in [1.54, 1.807) is 24.3 Å². The molecule has 2 bridgehead atoms. The summed E-state index contributed by atoms with van der Waals surface area (Å²) in [5.41, 5.74) is 2.73. The van der Waals surface area contributed by atoms with Crippen molar-refractivity contribution in [2.75, 3.05) is 10.2 Å². The predicted octanol–water partition coefficient (Wildman–Crippen LogP) is 3.80. The van der Waals surface area contributed by atoms with Crippen LogP contribution in [0.2, 0.25) is 0 Å². The molecule has 4 aliphatic carbocycles. The van der Waals surface area contributed by atoms with E-state index in [9.17, 15) is 14.4 Å². The molecule has 0 radical (unpaired) electrons. The van der Waals surface area contributed by atoms with Gasteiger partial charge in [-0.1, -0.05) is 35.9 Å². The first kappa shape index (κ1) is 17.6. The maximum absolute atomic E-state index is 13.3. The molecule has 5 aliphatic rings. The molecule has 1 heterocycles. The van der Waals surface area contributed by atoms with E-state index in [0.717, 1.165) is 12.0 Å². The molecule has 0 spiro atoms. The smallest absolute Gasteiger partial charge is 0.255 e. The molecule has 5 nitrogen and oxygen atoms in total. The number of benzene rings is 2. The van der Waals surface area contributed by atoms with Crippen molar-refractivity contribution in [3.05, 3.63) is 71.8 Å². The minimum absolute atomic E-state index is 0.106. The molecule has 2 saturated carbocycles. The van der Waals surface area contributed by atoms with Gasteiger partial charge in [0.25, 0.3) is 5.91 Å². The van der Waals surface area contributed by atoms with Crippen molar-refractivity contribution >= 4 is 29.1 Å². The zero-order chi connectivity index (χ0) is 20.6. The van der Waals surface area contributed by atoms with E-state index < -0.39 is 0 Å². The van der Waals surface area contributed by atoms with E-state index in [1.807, 2.05) is 31.2 Å². The highest BCUT2D eigenvalue weighted by Crippen LogP contribution is 2.65. The van der Waals surface area contributed by atoms with Crippen molar-refractivity contribution in [2.24, 2.45) is 35.5 Å². The van der Waals surface area contributed by atoms with Gasteiger partial charge in [0.15, 0.2) is 0 Å². The maximum atomic E-state index is 13.3. The minimum Gasteiger partial charge on any atom is -0.322 e. The normalized spacial score (nSPS) is 32.8. The zero-order valence-corrected chi connectivity index (χ0v) is 16.6. The van der Waals surface area contributed by atoms with Crippen LogP contribution in [0.1, 0.15) is 22.3 Å². The lowest BCUT2D eigenvalue weighted by atomic mass is 9.63. The molecule has 1 N–H and O–H groups in total. The fourth-order valence-electron chi connectivity index (χ4n) is 5.84.